The second kappa shape index (κ2) is 8.46. The third kappa shape index (κ3) is 3.48. The van der Waals surface area contributed by atoms with E-state index in [9.17, 15) is 4.79 Å². The predicted octanol–water partition coefficient (Wildman–Crippen LogP) is 5.65. The first-order valence-corrected chi connectivity index (χ1v) is 13.8. The van der Waals surface area contributed by atoms with Crippen LogP contribution < -0.4 is 21.5 Å². The van der Waals surface area contributed by atoms with Crippen LogP contribution in [0.5, 0.6) is 0 Å². The quantitative estimate of drug-likeness (QED) is 0.301. The Morgan fingerprint density at radius 3 is 2.03 bits per heavy atom. The van der Waals surface area contributed by atoms with Gasteiger partial charge >= 0.3 is 0 Å². The minimum Gasteiger partial charge on any atom is -0.267 e. The highest BCUT2D eigenvalue weighted by Gasteiger charge is 2.42. The number of fused-ring (bicyclic) bond motifs is 1. The summed E-state index contributed by atoms with van der Waals surface area (Å²) in [4.78, 5) is 18.3. The van der Waals surface area contributed by atoms with E-state index >= 15 is 0 Å². The molecule has 5 rings (SSSR count). The fourth-order valence-electron chi connectivity index (χ4n) is 4.02. The molecule has 0 fully saturated rings. The van der Waals surface area contributed by atoms with Crippen molar-refractivity contribution < 1.29 is 0 Å². The van der Waals surface area contributed by atoms with Crippen LogP contribution in [0.2, 0.25) is 9.36 Å². The van der Waals surface area contributed by atoms with Crippen LogP contribution in [0.1, 0.15) is 0 Å². The van der Waals surface area contributed by atoms with Gasteiger partial charge in [-0.3, -0.25) is 9.20 Å². The van der Waals surface area contributed by atoms with Gasteiger partial charge in [0.05, 0.1) is 6.66 Å². The van der Waals surface area contributed by atoms with Crippen LogP contribution in [0.4, 0.5) is 0 Å². The summed E-state index contributed by atoms with van der Waals surface area (Å²) in [5, 5.41) is 3.70. The summed E-state index contributed by atoms with van der Waals surface area (Å²) in [6.07, 6.45) is 1.56. The molecule has 0 aliphatic carbocycles. The van der Waals surface area contributed by atoms with Gasteiger partial charge < -0.3 is 0 Å². The Labute approximate surface area is 200 Å². The van der Waals surface area contributed by atoms with Gasteiger partial charge in [-0.05, 0) is 36.4 Å². The number of benzene rings is 3. The first kappa shape index (κ1) is 21.4. The van der Waals surface area contributed by atoms with Crippen molar-refractivity contribution >= 4 is 62.7 Å². The van der Waals surface area contributed by atoms with E-state index in [4.69, 9.17) is 28.2 Å². The van der Waals surface area contributed by atoms with Gasteiger partial charge in [0, 0.05) is 11.8 Å². The number of aromatic nitrogens is 2. The highest BCUT2D eigenvalue weighted by Crippen LogP contribution is 2.53. The molecular weight excluding hydrogens is 478 g/mol. The molecule has 0 saturated heterocycles. The van der Waals surface area contributed by atoms with Crippen LogP contribution in [0.25, 0.3) is 16.2 Å². The summed E-state index contributed by atoms with van der Waals surface area (Å²) < 4.78 is 1.89. The van der Waals surface area contributed by atoms with E-state index in [1.807, 2.05) is 30.3 Å². The maximum atomic E-state index is 13.0. The molecule has 158 valence electrons. The lowest BCUT2D eigenvalue weighted by molar-refractivity contribution is 1.08. The third-order valence-electron chi connectivity index (χ3n) is 5.63. The summed E-state index contributed by atoms with van der Waals surface area (Å²) in [5.41, 5.74) is 1.04. The monoisotopic (exact) mass is 495 g/mol. The predicted molar refractivity (Wildman–Crippen MR) is 139 cm³/mol. The topological polar surface area (TPSA) is 34.4 Å². The molecule has 0 bridgehead atoms. The molecule has 0 saturated carbocycles. The van der Waals surface area contributed by atoms with Gasteiger partial charge in [-0.25, -0.2) is 4.98 Å². The summed E-state index contributed by atoms with van der Waals surface area (Å²) in [6, 6.07) is 29.1. The molecule has 32 heavy (non-hydrogen) atoms. The zero-order chi connectivity index (χ0) is 22.3. The standard InChI is InChI=1S/C25H18Cl2N2OPS/c1-31(17-10-4-2-5-11-17,18-12-6-3-7-13-18)20-15-9-8-14-19(20)23-22(27)24(30)29-16-21(26)32-25(29)28-23/h2-16H,1H3/q+1. The maximum Gasteiger partial charge on any atom is 0.277 e. The van der Waals surface area contributed by atoms with Gasteiger partial charge in [0.15, 0.2) is 4.96 Å². The van der Waals surface area contributed by atoms with Gasteiger partial charge in [0.25, 0.3) is 5.56 Å². The number of halogens is 2. The molecule has 0 aliphatic rings. The molecule has 3 nitrogen and oxygen atoms in total. The first-order chi connectivity index (χ1) is 15.5. The van der Waals surface area contributed by atoms with E-state index < -0.39 is 7.26 Å². The van der Waals surface area contributed by atoms with Crippen LogP contribution in [-0.2, 0) is 0 Å². The van der Waals surface area contributed by atoms with Gasteiger partial charge in [-0.15, -0.1) is 0 Å². The Bertz CT molecular complexity index is 1440. The second-order valence-electron chi connectivity index (χ2n) is 7.46. The molecule has 2 aromatic heterocycles. The molecular formula is C25H18Cl2N2OPS+. The normalized spacial score (nSPS) is 11.7. The van der Waals surface area contributed by atoms with E-state index in [0.717, 1.165) is 10.9 Å². The Hall–Kier alpha value is -2.49. The SMILES string of the molecule is C[P+](c1ccccc1)(c1ccccc1)c1ccccc1-c1nc2sc(Cl)cn2c(=O)c1Cl. The van der Waals surface area contributed by atoms with Crippen LogP contribution >= 0.6 is 41.8 Å². The number of nitrogens with zero attached hydrogens (tertiary/aromatic N) is 2. The summed E-state index contributed by atoms with van der Waals surface area (Å²) in [5.74, 6) is 0. The lowest BCUT2D eigenvalue weighted by Gasteiger charge is -2.25. The van der Waals surface area contributed by atoms with Crippen molar-refractivity contribution in [2.45, 2.75) is 0 Å². The molecule has 0 spiro atoms. The van der Waals surface area contributed by atoms with E-state index in [2.05, 4.69) is 61.3 Å². The number of hydrogen-bond acceptors (Lipinski definition) is 3. The van der Waals surface area contributed by atoms with Crippen LogP contribution in [0.15, 0.2) is 95.9 Å². The van der Waals surface area contributed by atoms with Crippen molar-refractivity contribution in [2.75, 3.05) is 6.66 Å². The maximum absolute atomic E-state index is 13.0. The fourth-order valence-corrected chi connectivity index (χ4v) is 8.70. The van der Waals surface area contributed by atoms with Crippen molar-refractivity contribution in [1.29, 1.82) is 0 Å². The van der Waals surface area contributed by atoms with Crippen molar-refractivity contribution in [1.82, 2.24) is 9.38 Å². The smallest absolute Gasteiger partial charge is 0.267 e. The first-order valence-electron chi connectivity index (χ1n) is 9.95. The van der Waals surface area contributed by atoms with Crippen molar-refractivity contribution in [2.24, 2.45) is 0 Å². The van der Waals surface area contributed by atoms with E-state index in [1.165, 1.54) is 26.3 Å². The van der Waals surface area contributed by atoms with Gasteiger partial charge in [0.2, 0.25) is 0 Å². The van der Waals surface area contributed by atoms with Crippen molar-refractivity contribution in [3.8, 4) is 11.3 Å². The largest absolute Gasteiger partial charge is 0.277 e. The van der Waals surface area contributed by atoms with Crippen molar-refractivity contribution in [3.63, 3.8) is 0 Å². The van der Waals surface area contributed by atoms with Gasteiger partial charge in [0.1, 0.15) is 38.2 Å². The molecule has 0 N–H and O–H groups in total. The average Bonchev–Trinajstić information content (AvgIpc) is 3.22. The molecule has 0 aliphatic heterocycles. The molecule has 0 atom stereocenters. The summed E-state index contributed by atoms with van der Waals surface area (Å²) in [6.45, 7) is 2.30. The van der Waals surface area contributed by atoms with Crippen LogP contribution in [0.3, 0.4) is 0 Å². The molecule has 2 heterocycles. The molecule has 0 radical (unpaired) electrons. The summed E-state index contributed by atoms with van der Waals surface area (Å²) in [7, 11) is -2.05. The van der Waals surface area contributed by atoms with Crippen molar-refractivity contribution in [3.05, 3.63) is 111 Å². The molecule has 3 aromatic carbocycles. The van der Waals surface area contributed by atoms with E-state index in [-0.39, 0.29) is 10.6 Å². The highest BCUT2D eigenvalue weighted by molar-refractivity contribution is 7.95. The molecule has 0 amide bonds. The molecule has 7 heteroatoms. The molecule has 5 aromatic rings. The third-order valence-corrected chi connectivity index (χ3v) is 11.1. The zero-order valence-electron chi connectivity index (χ0n) is 17.1. The minimum absolute atomic E-state index is 0.0945. The Morgan fingerprint density at radius 2 is 1.41 bits per heavy atom. The van der Waals surface area contributed by atoms with Gasteiger partial charge in [-0.2, -0.15) is 0 Å². The van der Waals surface area contributed by atoms with E-state index in [1.54, 1.807) is 6.20 Å². The lowest BCUT2D eigenvalue weighted by atomic mass is 10.1. The lowest BCUT2D eigenvalue weighted by Crippen LogP contribution is -2.31. The highest BCUT2D eigenvalue weighted by atomic mass is 35.5. The van der Waals surface area contributed by atoms with Crippen LogP contribution in [-0.4, -0.2) is 16.0 Å². The minimum atomic E-state index is -2.05. The Kier molecular flexibility index (Phi) is 5.65. The fraction of sp³-hybridized carbons (Fsp3) is 0.0400. The zero-order valence-corrected chi connectivity index (χ0v) is 20.3. The average molecular weight is 496 g/mol. The summed E-state index contributed by atoms with van der Waals surface area (Å²) >= 11 is 14.0. The second-order valence-corrected chi connectivity index (χ2v) is 13.0. The number of rotatable bonds is 4. The Morgan fingerprint density at radius 1 is 0.844 bits per heavy atom. The van der Waals surface area contributed by atoms with Gasteiger partial charge in [-0.1, -0.05) is 83.1 Å². The Balaban J connectivity index is 1.84. The van der Waals surface area contributed by atoms with E-state index in [0.29, 0.717) is 15.0 Å². The number of thiazole rings is 1. The molecule has 0 unspecified atom stereocenters. The van der Waals surface area contributed by atoms with Crippen LogP contribution in [0, 0.1) is 0 Å². The number of hydrogen-bond donors (Lipinski definition) is 0.